The summed E-state index contributed by atoms with van der Waals surface area (Å²) in [7, 11) is 1.63. The Hall–Kier alpha value is -2.52. The fourth-order valence-corrected chi connectivity index (χ4v) is 3.05. The molecule has 2 heterocycles. The van der Waals surface area contributed by atoms with Gasteiger partial charge in [-0.05, 0) is 18.4 Å². The summed E-state index contributed by atoms with van der Waals surface area (Å²) < 4.78 is 7.03. The summed E-state index contributed by atoms with van der Waals surface area (Å²) in [5.74, 6) is 0.199. The van der Waals surface area contributed by atoms with Crippen molar-refractivity contribution in [3.8, 4) is 6.07 Å². The molecule has 1 atom stereocenters. The van der Waals surface area contributed by atoms with Gasteiger partial charge >= 0.3 is 0 Å². The van der Waals surface area contributed by atoms with E-state index in [9.17, 15) is 10.1 Å². The van der Waals surface area contributed by atoms with Gasteiger partial charge in [0.1, 0.15) is 5.82 Å². The summed E-state index contributed by atoms with van der Waals surface area (Å²) in [6.07, 6.45) is 4.08. The Morgan fingerprint density at radius 2 is 2.08 bits per heavy atom. The van der Waals surface area contributed by atoms with Gasteiger partial charge in [0.2, 0.25) is 0 Å². The fourth-order valence-electron chi connectivity index (χ4n) is 3.05. The van der Waals surface area contributed by atoms with Crippen molar-refractivity contribution in [2.24, 2.45) is 0 Å². The van der Waals surface area contributed by atoms with E-state index in [0.29, 0.717) is 18.0 Å². The smallest absolute Gasteiger partial charge is 0.187 e. The molecule has 2 aromatic rings. The van der Waals surface area contributed by atoms with Crippen molar-refractivity contribution in [3.05, 3.63) is 47.0 Å². The molecule has 0 amide bonds. The molecule has 3 rings (SSSR count). The zero-order valence-corrected chi connectivity index (χ0v) is 13.7. The van der Waals surface area contributed by atoms with Crippen LogP contribution in [0.15, 0.2) is 24.3 Å². The van der Waals surface area contributed by atoms with Crippen molar-refractivity contribution in [1.29, 1.82) is 5.26 Å². The first-order valence-corrected chi connectivity index (χ1v) is 8.18. The van der Waals surface area contributed by atoms with Crippen LogP contribution in [0.1, 0.15) is 52.8 Å². The molecule has 1 aromatic heterocycles. The van der Waals surface area contributed by atoms with E-state index in [0.717, 1.165) is 43.6 Å². The second kappa shape index (κ2) is 7.37. The SMILES string of the molecule is COCc1ccc(C(=O)C(C#N)c2nnc3n2CCCCC3)cc1. The molecule has 24 heavy (non-hydrogen) atoms. The summed E-state index contributed by atoms with van der Waals surface area (Å²) in [4.78, 5) is 12.8. The lowest BCUT2D eigenvalue weighted by atomic mass is 9.97. The van der Waals surface area contributed by atoms with Gasteiger partial charge in [0.25, 0.3) is 0 Å². The molecule has 0 aliphatic carbocycles. The van der Waals surface area contributed by atoms with Crippen LogP contribution in [0.2, 0.25) is 0 Å². The van der Waals surface area contributed by atoms with E-state index < -0.39 is 5.92 Å². The molecule has 6 nitrogen and oxygen atoms in total. The number of rotatable bonds is 5. The standard InChI is InChI=1S/C18H20N4O2/c1-24-12-13-6-8-14(9-7-13)17(23)15(11-19)18-21-20-16-5-3-2-4-10-22(16)18/h6-9,15H,2-5,10,12H2,1H3. The molecule has 124 valence electrons. The molecule has 1 aliphatic rings. The number of nitriles is 1. The van der Waals surface area contributed by atoms with Gasteiger partial charge < -0.3 is 9.30 Å². The van der Waals surface area contributed by atoms with Gasteiger partial charge in [0.15, 0.2) is 17.5 Å². The van der Waals surface area contributed by atoms with Crippen LogP contribution in [0.5, 0.6) is 0 Å². The van der Waals surface area contributed by atoms with E-state index in [4.69, 9.17) is 4.74 Å². The van der Waals surface area contributed by atoms with Crippen molar-refractivity contribution in [2.45, 2.75) is 44.8 Å². The van der Waals surface area contributed by atoms with Crippen LogP contribution in [0.3, 0.4) is 0 Å². The lowest BCUT2D eigenvalue weighted by Crippen LogP contribution is -2.17. The molecule has 0 saturated carbocycles. The number of methoxy groups -OCH3 is 1. The molecular formula is C18H20N4O2. The van der Waals surface area contributed by atoms with Crippen LogP contribution in [-0.4, -0.2) is 27.7 Å². The Labute approximate surface area is 141 Å². The molecule has 0 fully saturated rings. The van der Waals surface area contributed by atoms with Crippen molar-refractivity contribution in [2.75, 3.05) is 7.11 Å². The summed E-state index contributed by atoms with van der Waals surface area (Å²) in [6.45, 7) is 1.27. The Morgan fingerprint density at radius 3 is 2.79 bits per heavy atom. The second-order valence-corrected chi connectivity index (χ2v) is 5.99. The minimum Gasteiger partial charge on any atom is -0.380 e. The van der Waals surface area contributed by atoms with E-state index in [1.54, 1.807) is 19.2 Å². The number of hydrogen-bond donors (Lipinski definition) is 0. The third-order valence-electron chi connectivity index (χ3n) is 4.34. The van der Waals surface area contributed by atoms with Crippen LogP contribution < -0.4 is 0 Å². The van der Waals surface area contributed by atoms with Crippen molar-refractivity contribution < 1.29 is 9.53 Å². The van der Waals surface area contributed by atoms with Crippen molar-refractivity contribution in [3.63, 3.8) is 0 Å². The predicted molar refractivity (Wildman–Crippen MR) is 87.4 cm³/mol. The molecule has 1 aliphatic heterocycles. The number of benzene rings is 1. The Kier molecular flexibility index (Phi) is 5.02. The minimum absolute atomic E-state index is 0.235. The number of hydrogen-bond acceptors (Lipinski definition) is 5. The van der Waals surface area contributed by atoms with Crippen LogP contribution in [0, 0.1) is 11.3 Å². The minimum atomic E-state index is -0.919. The molecule has 0 saturated heterocycles. The number of ether oxygens (including phenoxy) is 1. The number of nitrogens with zero attached hydrogens (tertiary/aromatic N) is 4. The lowest BCUT2D eigenvalue weighted by Gasteiger charge is -2.11. The third-order valence-corrected chi connectivity index (χ3v) is 4.34. The molecule has 0 radical (unpaired) electrons. The number of Topliss-reactive ketones (excluding diaryl/α,β-unsaturated/α-hetero) is 1. The monoisotopic (exact) mass is 324 g/mol. The number of carbonyl (C=O) groups excluding carboxylic acids is 1. The Bertz CT molecular complexity index is 758. The van der Waals surface area contributed by atoms with Crippen LogP contribution in [0.25, 0.3) is 0 Å². The van der Waals surface area contributed by atoms with Gasteiger partial charge in [-0.15, -0.1) is 10.2 Å². The normalized spacial score (nSPS) is 15.2. The van der Waals surface area contributed by atoms with Crippen LogP contribution in [-0.2, 0) is 24.3 Å². The Balaban J connectivity index is 1.87. The molecule has 1 unspecified atom stereocenters. The van der Waals surface area contributed by atoms with E-state index in [1.165, 1.54) is 0 Å². The van der Waals surface area contributed by atoms with Gasteiger partial charge in [-0.25, -0.2) is 0 Å². The topological polar surface area (TPSA) is 80.8 Å². The second-order valence-electron chi connectivity index (χ2n) is 5.99. The number of ketones is 1. The maximum atomic E-state index is 12.8. The largest absolute Gasteiger partial charge is 0.380 e. The summed E-state index contributed by atoms with van der Waals surface area (Å²) in [6, 6.07) is 9.27. The number of fused-ring (bicyclic) bond motifs is 1. The van der Waals surface area contributed by atoms with Gasteiger partial charge in [-0.3, -0.25) is 4.79 Å². The quantitative estimate of drug-likeness (QED) is 0.790. The van der Waals surface area contributed by atoms with Crippen molar-refractivity contribution >= 4 is 5.78 Å². The summed E-state index contributed by atoms with van der Waals surface area (Å²) in [5, 5.41) is 17.9. The third kappa shape index (κ3) is 3.22. The van der Waals surface area contributed by atoms with Gasteiger partial charge in [0, 0.05) is 25.6 Å². The average Bonchev–Trinajstić information content (AvgIpc) is 2.85. The molecule has 1 aromatic carbocycles. The van der Waals surface area contributed by atoms with E-state index in [-0.39, 0.29) is 5.78 Å². The summed E-state index contributed by atoms with van der Waals surface area (Å²) in [5.41, 5.74) is 1.49. The van der Waals surface area contributed by atoms with Gasteiger partial charge in [-0.1, -0.05) is 30.7 Å². The number of aromatic nitrogens is 3. The number of carbonyl (C=O) groups is 1. The van der Waals surface area contributed by atoms with Gasteiger partial charge in [-0.2, -0.15) is 5.26 Å². The first-order chi connectivity index (χ1) is 11.7. The molecule has 0 bridgehead atoms. The predicted octanol–water partition coefficient (Wildman–Crippen LogP) is 2.64. The van der Waals surface area contributed by atoms with E-state index in [1.807, 2.05) is 16.7 Å². The van der Waals surface area contributed by atoms with Crippen molar-refractivity contribution in [1.82, 2.24) is 14.8 Å². The highest BCUT2D eigenvalue weighted by atomic mass is 16.5. The maximum absolute atomic E-state index is 12.8. The first kappa shape index (κ1) is 16.3. The lowest BCUT2D eigenvalue weighted by molar-refractivity contribution is 0.0974. The zero-order chi connectivity index (χ0) is 16.9. The fraction of sp³-hybridized carbons (Fsp3) is 0.444. The highest BCUT2D eigenvalue weighted by Gasteiger charge is 2.29. The average molecular weight is 324 g/mol. The molecule has 6 heteroatoms. The summed E-state index contributed by atoms with van der Waals surface area (Å²) >= 11 is 0. The highest BCUT2D eigenvalue weighted by molar-refractivity contribution is 6.02. The zero-order valence-electron chi connectivity index (χ0n) is 13.7. The van der Waals surface area contributed by atoms with E-state index >= 15 is 0 Å². The molecular weight excluding hydrogens is 304 g/mol. The molecule has 0 spiro atoms. The van der Waals surface area contributed by atoms with Crippen LogP contribution >= 0.6 is 0 Å². The van der Waals surface area contributed by atoms with E-state index in [2.05, 4.69) is 16.3 Å². The van der Waals surface area contributed by atoms with Gasteiger partial charge in [0.05, 0.1) is 12.7 Å². The molecule has 0 N–H and O–H groups in total. The highest BCUT2D eigenvalue weighted by Crippen LogP contribution is 2.23. The Morgan fingerprint density at radius 1 is 1.29 bits per heavy atom. The number of aryl methyl sites for hydroxylation is 1. The maximum Gasteiger partial charge on any atom is 0.187 e. The first-order valence-electron chi connectivity index (χ1n) is 8.18. The van der Waals surface area contributed by atoms with Crippen LogP contribution in [0.4, 0.5) is 0 Å².